The first kappa shape index (κ1) is 15.0. The molecule has 116 valence electrons. The van der Waals surface area contributed by atoms with Crippen LogP contribution in [0.1, 0.15) is 15.4 Å². The van der Waals surface area contributed by atoms with Crippen LogP contribution >= 0.6 is 11.3 Å². The van der Waals surface area contributed by atoms with E-state index in [1.165, 1.54) is 0 Å². The van der Waals surface area contributed by atoms with Gasteiger partial charge in [-0.2, -0.15) is 0 Å². The van der Waals surface area contributed by atoms with E-state index in [0.29, 0.717) is 17.8 Å². The van der Waals surface area contributed by atoms with Gasteiger partial charge in [0.25, 0.3) is 5.91 Å². The Bertz CT molecular complexity index is 825. The number of nitrogens with two attached hydrogens (primary N) is 1. The van der Waals surface area contributed by atoms with Crippen molar-refractivity contribution in [2.24, 2.45) is 5.73 Å². The second kappa shape index (κ2) is 6.45. The fourth-order valence-corrected chi connectivity index (χ4v) is 3.01. The van der Waals surface area contributed by atoms with Gasteiger partial charge >= 0.3 is 6.03 Å². The summed E-state index contributed by atoms with van der Waals surface area (Å²) in [5.41, 5.74) is 7.01. The Hall–Kier alpha value is -2.93. The van der Waals surface area contributed by atoms with Crippen molar-refractivity contribution in [1.29, 1.82) is 0 Å². The number of anilines is 1. The predicted octanol–water partition coefficient (Wildman–Crippen LogP) is 2.72. The van der Waals surface area contributed by atoms with E-state index in [2.05, 4.69) is 15.6 Å². The molecule has 23 heavy (non-hydrogen) atoms. The van der Waals surface area contributed by atoms with Crippen molar-refractivity contribution in [3.05, 3.63) is 59.1 Å². The van der Waals surface area contributed by atoms with Crippen molar-refractivity contribution in [2.45, 2.75) is 6.54 Å². The van der Waals surface area contributed by atoms with Crippen molar-refractivity contribution >= 4 is 39.2 Å². The first-order chi connectivity index (χ1) is 11.1. The zero-order chi connectivity index (χ0) is 16.2. The van der Waals surface area contributed by atoms with Crippen molar-refractivity contribution in [2.75, 3.05) is 5.32 Å². The highest BCUT2D eigenvalue weighted by Gasteiger charge is 2.08. The molecule has 0 spiro atoms. The molecule has 0 aliphatic carbocycles. The van der Waals surface area contributed by atoms with Crippen LogP contribution in [0.15, 0.2) is 48.5 Å². The number of hydrogen-bond donors (Lipinski definition) is 3. The van der Waals surface area contributed by atoms with Gasteiger partial charge in [0.15, 0.2) is 0 Å². The van der Waals surface area contributed by atoms with E-state index in [4.69, 9.17) is 5.73 Å². The molecule has 1 heterocycles. The number of aromatic nitrogens is 1. The van der Waals surface area contributed by atoms with Crippen LogP contribution in [0, 0.1) is 0 Å². The summed E-state index contributed by atoms with van der Waals surface area (Å²) >= 11 is 1.56. The fourth-order valence-electron chi connectivity index (χ4n) is 2.10. The van der Waals surface area contributed by atoms with Crippen molar-refractivity contribution < 1.29 is 9.59 Å². The highest BCUT2D eigenvalue weighted by Crippen LogP contribution is 2.21. The largest absolute Gasteiger partial charge is 0.351 e. The first-order valence-corrected chi connectivity index (χ1v) is 7.72. The highest BCUT2D eigenvalue weighted by atomic mass is 32.1. The van der Waals surface area contributed by atoms with Crippen molar-refractivity contribution in [3.8, 4) is 0 Å². The van der Waals surface area contributed by atoms with Crippen molar-refractivity contribution in [1.82, 2.24) is 10.3 Å². The third kappa shape index (κ3) is 3.64. The van der Waals surface area contributed by atoms with E-state index in [-0.39, 0.29) is 5.91 Å². The lowest BCUT2D eigenvalue weighted by Crippen LogP contribution is -2.23. The molecule has 0 fully saturated rings. The number of urea groups is 1. The number of para-hydroxylation sites is 1. The molecule has 6 nitrogen and oxygen atoms in total. The van der Waals surface area contributed by atoms with Crippen LogP contribution < -0.4 is 16.4 Å². The lowest BCUT2D eigenvalue weighted by atomic mass is 10.2. The second-order valence-corrected chi connectivity index (χ2v) is 5.94. The second-order valence-electron chi connectivity index (χ2n) is 4.82. The van der Waals surface area contributed by atoms with Gasteiger partial charge in [-0.1, -0.05) is 12.1 Å². The monoisotopic (exact) mass is 326 g/mol. The van der Waals surface area contributed by atoms with E-state index in [9.17, 15) is 9.59 Å². The minimum absolute atomic E-state index is 0.199. The summed E-state index contributed by atoms with van der Waals surface area (Å²) in [4.78, 5) is 27.3. The molecule has 7 heteroatoms. The van der Waals surface area contributed by atoms with Crippen LogP contribution in [0.4, 0.5) is 10.5 Å². The molecular formula is C16H14N4O2S. The first-order valence-electron chi connectivity index (χ1n) is 6.91. The van der Waals surface area contributed by atoms with Gasteiger partial charge in [0.2, 0.25) is 0 Å². The number of amides is 3. The molecule has 0 unspecified atom stereocenters. The summed E-state index contributed by atoms with van der Waals surface area (Å²) in [5.74, 6) is -0.199. The molecule has 3 amide bonds. The van der Waals surface area contributed by atoms with Gasteiger partial charge in [-0.3, -0.25) is 4.79 Å². The average Bonchev–Trinajstić information content (AvgIpc) is 2.95. The van der Waals surface area contributed by atoms with Gasteiger partial charge in [0.1, 0.15) is 5.01 Å². The Morgan fingerprint density at radius 2 is 1.83 bits per heavy atom. The molecule has 0 aliphatic heterocycles. The lowest BCUT2D eigenvalue weighted by molar-refractivity contribution is 0.0951. The van der Waals surface area contributed by atoms with E-state index < -0.39 is 6.03 Å². The van der Waals surface area contributed by atoms with Crippen LogP contribution in [0.25, 0.3) is 10.2 Å². The van der Waals surface area contributed by atoms with Gasteiger partial charge in [-0.05, 0) is 36.4 Å². The number of nitrogens with one attached hydrogen (secondary N) is 2. The molecule has 0 saturated carbocycles. The maximum Gasteiger partial charge on any atom is 0.316 e. The molecule has 0 saturated heterocycles. The Morgan fingerprint density at radius 1 is 1.09 bits per heavy atom. The number of hydrogen-bond acceptors (Lipinski definition) is 4. The number of carbonyl (C=O) groups excluding carboxylic acids is 2. The Balaban J connectivity index is 1.63. The molecule has 3 rings (SSSR count). The SMILES string of the molecule is NC(=O)Nc1ccc(C(=O)NCc2nc3ccccc3s2)cc1. The Labute approximate surface area is 136 Å². The average molecular weight is 326 g/mol. The number of rotatable bonds is 4. The van der Waals surface area contributed by atoms with Crippen LogP contribution in [0.2, 0.25) is 0 Å². The summed E-state index contributed by atoms with van der Waals surface area (Å²) in [6, 6.07) is 13.7. The minimum atomic E-state index is -0.641. The van der Waals surface area contributed by atoms with Crippen LogP contribution in [-0.2, 0) is 6.54 Å². The van der Waals surface area contributed by atoms with Crippen LogP contribution in [-0.4, -0.2) is 16.9 Å². The number of nitrogens with zero attached hydrogens (tertiary/aromatic N) is 1. The number of thiazole rings is 1. The van der Waals surface area contributed by atoms with Gasteiger partial charge in [-0.15, -0.1) is 11.3 Å². The molecule has 0 bridgehead atoms. The molecule has 0 radical (unpaired) electrons. The molecule has 3 aromatic rings. The molecule has 2 aromatic carbocycles. The van der Waals surface area contributed by atoms with Crippen LogP contribution in [0.3, 0.4) is 0 Å². The Morgan fingerprint density at radius 3 is 2.52 bits per heavy atom. The van der Waals surface area contributed by atoms with Gasteiger partial charge in [-0.25, -0.2) is 9.78 Å². The standard InChI is InChI=1S/C16H14N4O2S/c17-16(22)19-11-7-5-10(6-8-11)15(21)18-9-14-20-12-3-1-2-4-13(12)23-14/h1-8H,9H2,(H,18,21)(H3,17,19,22). The summed E-state index contributed by atoms with van der Waals surface area (Å²) in [6.45, 7) is 0.374. The maximum absolute atomic E-state index is 12.1. The zero-order valence-electron chi connectivity index (χ0n) is 12.1. The van der Waals surface area contributed by atoms with E-state index >= 15 is 0 Å². The molecule has 4 N–H and O–H groups in total. The summed E-state index contributed by atoms with van der Waals surface area (Å²) < 4.78 is 1.10. The third-order valence-electron chi connectivity index (χ3n) is 3.15. The molecule has 0 aliphatic rings. The van der Waals surface area contributed by atoms with E-state index in [1.807, 2.05) is 24.3 Å². The predicted molar refractivity (Wildman–Crippen MR) is 90.4 cm³/mol. The number of primary amides is 1. The quantitative estimate of drug-likeness (QED) is 0.687. The normalized spacial score (nSPS) is 10.4. The van der Waals surface area contributed by atoms with Gasteiger partial charge < -0.3 is 16.4 Å². The van der Waals surface area contributed by atoms with E-state index in [0.717, 1.165) is 15.2 Å². The Kier molecular flexibility index (Phi) is 4.20. The smallest absolute Gasteiger partial charge is 0.316 e. The van der Waals surface area contributed by atoms with Crippen molar-refractivity contribution in [3.63, 3.8) is 0 Å². The highest BCUT2D eigenvalue weighted by molar-refractivity contribution is 7.18. The zero-order valence-corrected chi connectivity index (χ0v) is 12.9. The summed E-state index contributed by atoms with van der Waals surface area (Å²) in [7, 11) is 0. The lowest BCUT2D eigenvalue weighted by Gasteiger charge is -2.05. The van der Waals surface area contributed by atoms with Gasteiger partial charge in [0.05, 0.1) is 16.8 Å². The maximum atomic E-state index is 12.1. The molecule has 1 aromatic heterocycles. The molecular weight excluding hydrogens is 312 g/mol. The minimum Gasteiger partial charge on any atom is -0.351 e. The fraction of sp³-hybridized carbons (Fsp3) is 0.0625. The number of fused-ring (bicyclic) bond motifs is 1. The van der Waals surface area contributed by atoms with Gasteiger partial charge in [0, 0.05) is 11.3 Å². The summed E-state index contributed by atoms with van der Waals surface area (Å²) in [6.07, 6.45) is 0. The topological polar surface area (TPSA) is 97.1 Å². The number of carbonyl (C=O) groups is 2. The van der Waals surface area contributed by atoms with E-state index in [1.54, 1.807) is 35.6 Å². The van der Waals surface area contributed by atoms with Crippen LogP contribution in [0.5, 0.6) is 0 Å². The molecule has 0 atom stereocenters. The third-order valence-corrected chi connectivity index (χ3v) is 4.19. The summed E-state index contributed by atoms with van der Waals surface area (Å²) in [5, 5.41) is 6.13. The number of benzene rings is 2.